The molecule has 1 N–H and O–H groups in total. The van der Waals surface area contributed by atoms with Gasteiger partial charge in [-0.2, -0.15) is 4.31 Å². The molecule has 1 amide bonds. The van der Waals surface area contributed by atoms with E-state index < -0.39 is 10.0 Å². The monoisotopic (exact) mass is 499 g/mol. The Morgan fingerprint density at radius 2 is 1.63 bits per heavy atom. The van der Waals surface area contributed by atoms with Gasteiger partial charge < -0.3 is 14.8 Å². The van der Waals surface area contributed by atoms with Crippen molar-refractivity contribution in [1.82, 2.24) is 9.21 Å². The normalized spacial score (nSPS) is 21.4. The van der Waals surface area contributed by atoms with Gasteiger partial charge in [0.25, 0.3) is 0 Å². The van der Waals surface area contributed by atoms with Gasteiger partial charge in [0, 0.05) is 31.2 Å². The second-order valence-corrected chi connectivity index (χ2v) is 11.4. The molecule has 3 heterocycles. The Bertz CT molecular complexity index is 1150. The van der Waals surface area contributed by atoms with Crippen LogP contribution in [0.3, 0.4) is 0 Å². The van der Waals surface area contributed by atoms with Crippen molar-refractivity contribution >= 4 is 21.6 Å². The van der Waals surface area contributed by atoms with Crippen LogP contribution in [0.15, 0.2) is 47.4 Å². The number of hydrogen-bond donors (Lipinski definition) is 1. The molecule has 2 aromatic rings. The zero-order chi connectivity index (χ0) is 24.3. The first-order valence-corrected chi connectivity index (χ1v) is 14.0. The van der Waals surface area contributed by atoms with Crippen LogP contribution in [-0.4, -0.2) is 62.9 Å². The third-order valence-corrected chi connectivity index (χ3v) is 8.87. The molecule has 2 saturated heterocycles. The average molecular weight is 500 g/mol. The van der Waals surface area contributed by atoms with E-state index in [2.05, 4.69) is 16.3 Å². The highest BCUT2D eigenvalue weighted by molar-refractivity contribution is 7.89. The van der Waals surface area contributed by atoms with Crippen molar-refractivity contribution in [3.8, 4) is 11.5 Å². The van der Waals surface area contributed by atoms with Gasteiger partial charge >= 0.3 is 0 Å². The van der Waals surface area contributed by atoms with Gasteiger partial charge in [0.2, 0.25) is 15.9 Å². The fourth-order valence-corrected chi connectivity index (χ4v) is 6.65. The number of sulfonamides is 1. The Hall–Kier alpha value is -2.62. The third kappa shape index (κ3) is 5.47. The van der Waals surface area contributed by atoms with Crippen molar-refractivity contribution in [3.05, 3.63) is 48.0 Å². The minimum atomic E-state index is -3.48. The molecule has 0 aromatic heterocycles. The van der Waals surface area contributed by atoms with Gasteiger partial charge in [-0.15, -0.1) is 0 Å². The molecule has 3 aliphatic heterocycles. The first kappa shape index (κ1) is 24.1. The van der Waals surface area contributed by atoms with Crippen molar-refractivity contribution in [2.45, 2.75) is 49.5 Å². The zero-order valence-corrected chi connectivity index (χ0v) is 20.8. The highest BCUT2D eigenvalue weighted by Gasteiger charge is 2.29. The van der Waals surface area contributed by atoms with Crippen LogP contribution < -0.4 is 14.8 Å². The van der Waals surface area contributed by atoms with Crippen LogP contribution in [-0.2, 0) is 14.8 Å². The van der Waals surface area contributed by atoms with E-state index in [4.69, 9.17) is 9.47 Å². The van der Waals surface area contributed by atoms with E-state index in [1.54, 1.807) is 28.6 Å². The Labute approximate surface area is 207 Å². The Balaban J connectivity index is 1.21. The summed E-state index contributed by atoms with van der Waals surface area (Å²) < 4.78 is 38.8. The van der Waals surface area contributed by atoms with Crippen LogP contribution in [0.25, 0.3) is 0 Å². The molecule has 3 aliphatic rings. The summed E-state index contributed by atoms with van der Waals surface area (Å²) in [5.74, 6) is 1.44. The molecule has 1 unspecified atom stereocenters. The molecule has 0 spiro atoms. The maximum Gasteiger partial charge on any atom is 0.243 e. The molecule has 0 saturated carbocycles. The van der Waals surface area contributed by atoms with Crippen molar-refractivity contribution in [3.63, 3.8) is 0 Å². The standard InChI is InChI=1S/C26H33N3O5S/c30-26(27-21-8-10-22(11-9-21)35(31,32)29-14-2-1-3-15-29)19-28-13-4-6-23(28)20-7-12-24-25(18-20)34-17-5-16-33-24/h7-12,18,23H,1-6,13-17,19H2,(H,27,30). The number of nitrogens with one attached hydrogen (secondary N) is 1. The number of piperidine rings is 1. The summed E-state index contributed by atoms with van der Waals surface area (Å²) in [7, 11) is -3.48. The summed E-state index contributed by atoms with van der Waals surface area (Å²) in [6.45, 7) is 3.56. The summed E-state index contributed by atoms with van der Waals surface area (Å²) in [6, 6.07) is 12.7. The van der Waals surface area contributed by atoms with E-state index in [-0.39, 0.29) is 23.4 Å². The molecule has 2 aromatic carbocycles. The summed E-state index contributed by atoms with van der Waals surface area (Å²) in [5.41, 5.74) is 1.73. The van der Waals surface area contributed by atoms with Crippen LogP contribution in [0.2, 0.25) is 0 Å². The first-order valence-electron chi connectivity index (χ1n) is 12.5. The van der Waals surface area contributed by atoms with Crippen molar-refractivity contribution in [2.24, 2.45) is 0 Å². The molecule has 2 fully saturated rings. The van der Waals surface area contributed by atoms with Gasteiger partial charge in [0.05, 0.1) is 24.7 Å². The zero-order valence-electron chi connectivity index (χ0n) is 19.9. The maximum atomic E-state index is 12.8. The number of fused-ring (bicyclic) bond motifs is 1. The molecule has 8 nitrogen and oxygen atoms in total. The molecule has 0 radical (unpaired) electrons. The summed E-state index contributed by atoms with van der Waals surface area (Å²) >= 11 is 0. The number of ether oxygens (including phenoxy) is 2. The molecular weight excluding hydrogens is 466 g/mol. The molecule has 1 atom stereocenters. The lowest BCUT2D eigenvalue weighted by atomic mass is 10.0. The lowest BCUT2D eigenvalue weighted by molar-refractivity contribution is -0.117. The van der Waals surface area contributed by atoms with E-state index >= 15 is 0 Å². The van der Waals surface area contributed by atoms with E-state index in [1.807, 2.05) is 12.1 Å². The SMILES string of the molecule is O=C(CN1CCCC1c1ccc2c(c1)OCCCO2)Nc1ccc(S(=O)(=O)N2CCCCC2)cc1. The minimum absolute atomic E-state index is 0.113. The second-order valence-electron chi connectivity index (χ2n) is 9.42. The number of carbonyl (C=O) groups excluding carboxylic acids is 1. The molecule has 35 heavy (non-hydrogen) atoms. The number of likely N-dealkylation sites (tertiary alicyclic amines) is 1. The second kappa shape index (κ2) is 10.6. The fourth-order valence-electron chi connectivity index (χ4n) is 5.13. The highest BCUT2D eigenvalue weighted by Crippen LogP contribution is 2.37. The third-order valence-electron chi connectivity index (χ3n) is 6.96. The van der Waals surface area contributed by atoms with Gasteiger partial charge in [-0.05, 0) is 74.2 Å². The van der Waals surface area contributed by atoms with Gasteiger partial charge in [-0.25, -0.2) is 8.42 Å². The lowest BCUT2D eigenvalue weighted by Gasteiger charge is -2.26. The average Bonchev–Trinajstić information content (AvgIpc) is 3.20. The first-order chi connectivity index (χ1) is 17.0. The molecule has 9 heteroatoms. The van der Waals surface area contributed by atoms with Crippen molar-refractivity contribution < 1.29 is 22.7 Å². The van der Waals surface area contributed by atoms with E-state index in [9.17, 15) is 13.2 Å². The highest BCUT2D eigenvalue weighted by atomic mass is 32.2. The van der Waals surface area contributed by atoms with Gasteiger partial charge in [-0.3, -0.25) is 9.69 Å². The molecular formula is C26H33N3O5S. The van der Waals surface area contributed by atoms with Crippen LogP contribution in [0, 0.1) is 0 Å². The number of rotatable bonds is 6. The van der Waals surface area contributed by atoms with E-state index in [0.717, 1.165) is 62.1 Å². The Morgan fingerprint density at radius 3 is 2.40 bits per heavy atom. The van der Waals surface area contributed by atoms with Crippen LogP contribution >= 0.6 is 0 Å². The predicted molar refractivity (Wildman–Crippen MR) is 133 cm³/mol. The maximum absolute atomic E-state index is 12.8. The number of benzene rings is 2. The molecule has 188 valence electrons. The van der Waals surface area contributed by atoms with Crippen LogP contribution in [0.1, 0.15) is 50.1 Å². The molecule has 5 rings (SSSR count). The largest absolute Gasteiger partial charge is 0.490 e. The number of hydrogen-bond acceptors (Lipinski definition) is 6. The van der Waals surface area contributed by atoms with Crippen LogP contribution in [0.4, 0.5) is 5.69 Å². The summed E-state index contributed by atoms with van der Waals surface area (Å²) in [6.07, 6.45) is 5.74. The smallest absolute Gasteiger partial charge is 0.243 e. The van der Waals surface area contributed by atoms with Gasteiger partial charge in [-0.1, -0.05) is 12.5 Å². The van der Waals surface area contributed by atoms with Gasteiger partial charge in [0.1, 0.15) is 0 Å². The number of anilines is 1. The van der Waals surface area contributed by atoms with E-state index in [1.165, 1.54) is 0 Å². The van der Waals surface area contributed by atoms with Crippen molar-refractivity contribution in [2.75, 3.05) is 44.7 Å². The Kier molecular flexibility index (Phi) is 7.27. The summed E-state index contributed by atoms with van der Waals surface area (Å²) in [5, 5.41) is 2.92. The number of carbonyl (C=O) groups is 1. The van der Waals surface area contributed by atoms with Crippen molar-refractivity contribution in [1.29, 1.82) is 0 Å². The number of amides is 1. The topological polar surface area (TPSA) is 88.2 Å². The van der Waals surface area contributed by atoms with Gasteiger partial charge in [0.15, 0.2) is 11.5 Å². The van der Waals surface area contributed by atoms with E-state index in [0.29, 0.717) is 32.0 Å². The minimum Gasteiger partial charge on any atom is -0.490 e. The quantitative estimate of drug-likeness (QED) is 0.651. The Morgan fingerprint density at radius 1 is 0.886 bits per heavy atom. The van der Waals surface area contributed by atoms with Crippen LogP contribution in [0.5, 0.6) is 11.5 Å². The predicted octanol–water partition coefficient (Wildman–Crippen LogP) is 3.80. The fraction of sp³-hybridized carbons (Fsp3) is 0.500. The molecule has 0 aliphatic carbocycles. The molecule has 0 bridgehead atoms. The number of nitrogens with zero attached hydrogens (tertiary/aromatic N) is 2. The lowest BCUT2D eigenvalue weighted by Crippen LogP contribution is -2.35. The summed E-state index contributed by atoms with van der Waals surface area (Å²) in [4.78, 5) is 15.3.